The Morgan fingerprint density at radius 1 is 1.50 bits per heavy atom. The summed E-state index contributed by atoms with van der Waals surface area (Å²) in [6.07, 6.45) is 0.989. The van der Waals surface area contributed by atoms with Gasteiger partial charge in [-0.1, -0.05) is 29.8 Å². The molecule has 0 saturated carbocycles. The lowest BCUT2D eigenvalue weighted by atomic mass is 10.1. The van der Waals surface area contributed by atoms with Crippen LogP contribution in [0.3, 0.4) is 0 Å². The SMILES string of the molecule is CCOCC(=O)NC(CBr)CC(C)C. The van der Waals surface area contributed by atoms with Gasteiger partial charge in [-0.15, -0.1) is 0 Å². The van der Waals surface area contributed by atoms with Crippen LogP contribution in [0.25, 0.3) is 0 Å². The minimum Gasteiger partial charge on any atom is -0.372 e. The van der Waals surface area contributed by atoms with E-state index in [-0.39, 0.29) is 18.6 Å². The summed E-state index contributed by atoms with van der Waals surface area (Å²) in [5, 5.41) is 3.72. The first kappa shape index (κ1) is 13.9. The van der Waals surface area contributed by atoms with Crippen LogP contribution in [0.5, 0.6) is 0 Å². The Hall–Kier alpha value is -0.0900. The molecule has 0 spiro atoms. The standard InChI is InChI=1S/C10H20BrNO2/c1-4-14-7-10(13)12-9(6-11)5-8(2)3/h8-9H,4-7H2,1-3H3,(H,12,13). The van der Waals surface area contributed by atoms with E-state index >= 15 is 0 Å². The monoisotopic (exact) mass is 265 g/mol. The maximum atomic E-state index is 11.3. The molecule has 1 N–H and O–H groups in total. The van der Waals surface area contributed by atoms with Crippen molar-refractivity contribution in [2.24, 2.45) is 5.92 Å². The fourth-order valence-corrected chi connectivity index (χ4v) is 1.62. The molecule has 14 heavy (non-hydrogen) atoms. The van der Waals surface area contributed by atoms with Crippen molar-refractivity contribution in [1.82, 2.24) is 5.32 Å². The van der Waals surface area contributed by atoms with Crippen LogP contribution in [0, 0.1) is 5.92 Å². The normalized spacial score (nSPS) is 12.9. The number of hydrogen-bond acceptors (Lipinski definition) is 2. The van der Waals surface area contributed by atoms with E-state index < -0.39 is 0 Å². The van der Waals surface area contributed by atoms with Gasteiger partial charge < -0.3 is 10.1 Å². The number of rotatable bonds is 7. The van der Waals surface area contributed by atoms with Gasteiger partial charge in [0.15, 0.2) is 0 Å². The molecule has 0 fully saturated rings. The number of ether oxygens (including phenoxy) is 1. The zero-order valence-electron chi connectivity index (χ0n) is 9.18. The zero-order chi connectivity index (χ0) is 11.0. The van der Waals surface area contributed by atoms with Crippen molar-refractivity contribution in [3.8, 4) is 0 Å². The second kappa shape index (κ2) is 8.24. The molecule has 4 heteroatoms. The largest absolute Gasteiger partial charge is 0.372 e. The highest BCUT2D eigenvalue weighted by Crippen LogP contribution is 2.06. The Labute approximate surface area is 94.7 Å². The molecular formula is C10H20BrNO2. The average molecular weight is 266 g/mol. The second-order valence-electron chi connectivity index (χ2n) is 3.69. The van der Waals surface area contributed by atoms with Crippen molar-refractivity contribution in [2.75, 3.05) is 18.5 Å². The van der Waals surface area contributed by atoms with Gasteiger partial charge in [0.25, 0.3) is 0 Å². The summed E-state index contributed by atoms with van der Waals surface area (Å²) in [6.45, 7) is 6.91. The van der Waals surface area contributed by atoms with Crippen LogP contribution in [-0.2, 0) is 9.53 Å². The molecule has 0 heterocycles. The van der Waals surface area contributed by atoms with Gasteiger partial charge in [0.2, 0.25) is 5.91 Å². The van der Waals surface area contributed by atoms with Crippen LogP contribution < -0.4 is 5.32 Å². The van der Waals surface area contributed by atoms with Crippen molar-refractivity contribution < 1.29 is 9.53 Å². The van der Waals surface area contributed by atoms with Gasteiger partial charge in [-0.2, -0.15) is 0 Å². The van der Waals surface area contributed by atoms with Gasteiger partial charge in [0.1, 0.15) is 6.61 Å². The smallest absolute Gasteiger partial charge is 0.246 e. The van der Waals surface area contributed by atoms with E-state index in [9.17, 15) is 4.79 Å². The van der Waals surface area contributed by atoms with E-state index in [0.29, 0.717) is 12.5 Å². The van der Waals surface area contributed by atoms with E-state index in [1.165, 1.54) is 0 Å². The van der Waals surface area contributed by atoms with Gasteiger partial charge in [0, 0.05) is 18.0 Å². The molecule has 1 atom stereocenters. The van der Waals surface area contributed by atoms with E-state index in [2.05, 4.69) is 35.1 Å². The predicted octanol–water partition coefficient (Wildman–Crippen LogP) is 1.95. The number of alkyl halides is 1. The van der Waals surface area contributed by atoms with E-state index in [1.807, 2.05) is 6.92 Å². The summed E-state index contributed by atoms with van der Waals surface area (Å²) in [5.74, 6) is 0.557. The number of hydrogen-bond donors (Lipinski definition) is 1. The molecule has 0 aliphatic carbocycles. The number of carbonyl (C=O) groups excluding carboxylic acids is 1. The minimum absolute atomic E-state index is 0.0306. The van der Waals surface area contributed by atoms with E-state index in [1.54, 1.807) is 0 Å². The molecule has 84 valence electrons. The highest BCUT2D eigenvalue weighted by atomic mass is 79.9. The molecule has 0 aromatic heterocycles. The lowest BCUT2D eigenvalue weighted by Crippen LogP contribution is -2.39. The Morgan fingerprint density at radius 2 is 2.14 bits per heavy atom. The van der Waals surface area contributed by atoms with Crippen molar-refractivity contribution in [3.05, 3.63) is 0 Å². The predicted molar refractivity (Wildman–Crippen MR) is 61.7 cm³/mol. The maximum absolute atomic E-state index is 11.3. The first-order chi connectivity index (χ1) is 6.60. The topological polar surface area (TPSA) is 38.3 Å². The number of carbonyl (C=O) groups is 1. The Bertz CT molecular complexity index is 162. The molecule has 0 saturated heterocycles. The van der Waals surface area contributed by atoms with Crippen molar-refractivity contribution in [2.45, 2.75) is 33.2 Å². The van der Waals surface area contributed by atoms with Crippen LogP contribution in [0.1, 0.15) is 27.2 Å². The average Bonchev–Trinajstić information content (AvgIpc) is 2.12. The Balaban J connectivity index is 3.74. The summed E-state index contributed by atoms with van der Waals surface area (Å²) in [6, 6.07) is 0.211. The third-order valence-corrected chi connectivity index (χ3v) is 2.53. The quantitative estimate of drug-likeness (QED) is 0.715. The van der Waals surface area contributed by atoms with Crippen LogP contribution in [0.2, 0.25) is 0 Å². The highest BCUT2D eigenvalue weighted by Gasteiger charge is 2.12. The zero-order valence-corrected chi connectivity index (χ0v) is 10.8. The first-order valence-corrected chi connectivity index (χ1v) is 6.15. The third kappa shape index (κ3) is 7.33. The lowest BCUT2D eigenvalue weighted by molar-refractivity contribution is -0.126. The molecule has 0 aliphatic rings. The minimum atomic E-state index is -0.0306. The van der Waals surface area contributed by atoms with Crippen molar-refractivity contribution >= 4 is 21.8 Å². The fraction of sp³-hybridized carbons (Fsp3) is 0.900. The van der Waals surface area contributed by atoms with Crippen LogP contribution in [0.4, 0.5) is 0 Å². The van der Waals surface area contributed by atoms with E-state index in [4.69, 9.17) is 4.74 Å². The molecule has 0 rings (SSSR count). The van der Waals surface area contributed by atoms with Gasteiger partial charge in [-0.3, -0.25) is 4.79 Å². The van der Waals surface area contributed by atoms with Crippen LogP contribution in [-0.4, -0.2) is 30.5 Å². The second-order valence-corrected chi connectivity index (χ2v) is 4.33. The van der Waals surface area contributed by atoms with Gasteiger partial charge in [-0.05, 0) is 19.3 Å². The Morgan fingerprint density at radius 3 is 2.57 bits per heavy atom. The third-order valence-electron chi connectivity index (χ3n) is 1.74. The number of amides is 1. The first-order valence-electron chi connectivity index (χ1n) is 5.03. The molecule has 0 aliphatic heterocycles. The molecule has 0 radical (unpaired) electrons. The van der Waals surface area contributed by atoms with E-state index in [0.717, 1.165) is 11.8 Å². The fourth-order valence-electron chi connectivity index (χ4n) is 1.19. The maximum Gasteiger partial charge on any atom is 0.246 e. The molecule has 3 nitrogen and oxygen atoms in total. The summed E-state index contributed by atoms with van der Waals surface area (Å²) in [5.41, 5.74) is 0. The molecule has 0 aromatic carbocycles. The molecule has 1 unspecified atom stereocenters. The lowest BCUT2D eigenvalue weighted by Gasteiger charge is -2.18. The molecule has 0 aromatic rings. The number of halogens is 1. The molecule has 1 amide bonds. The van der Waals surface area contributed by atoms with Crippen molar-refractivity contribution in [1.29, 1.82) is 0 Å². The van der Waals surface area contributed by atoms with Gasteiger partial charge in [-0.25, -0.2) is 0 Å². The summed E-state index contributed by atoms with van der Waals surface area (Å²) in [4.78, 5) is 11.3. The number of nitrogens with one attached hydrogen (secondary N) is 1. The summed E-state index contributed by atoms with van der Waals surface area (Å²) < 4.78 is 5.02. The van der Waals surface area contributed by atoms with Crippen molar-refractivity contribution in [3.63, 3.8) is 0 Å². The van der Waals surface area contributed by atoms with Gasteiger partial charge >= 0.3 is 0 Å². The van der Waals surface area contributed by atoms with Gasteiger partial charge in [0.05, 0.1) is 0 Å². The Kier molecular flexibility index (Phi) is 8.18. The van der Waals surface area contributed by atoms with Crippen LogP contribution in [0.15, 0.2) is 0 Å². The van der Waals surface area contributed by atoms with Crippen LogP contribution >= 0.6 is 15.9 Å². The molecule has 0 bridgehead atoms. The highest BCUT2D eigenvalue weighted by molar-refractivity contribution is 9.09. The summed E-state index contributed by atoms with van der Waals surface area (Å²) >= 11 is 3.39. The summed E-state index contributed by atoms with van der Waals surface area (Å²) in [7, 11) is 0. The molecular weight excluding hydrogens is 246 g/mol.